The van der Waals surface area contributed by atoms with Gasteiger partial charge in [0, 0.05) is 38.4 Å². The molecule has 0 radical (unpaired) electrons. The van der Waals surface area contributed by atoms with Crippen LogP contribution in [0.25, 0.3) is 0 Å². The minimum Gasteiger partial charge on any atom is -0.368 e. The van der Waals surface area contributed by atoms with E-state index < -0.39 is 10.0 Å². The van der Waals surface area contributed by atoms with Crippen LogP contribution >= 0.6 is 0 Å². The number of nitrogens with one attached hydrogen (secondary N) is 1. The number of hydrogen-bond acceptors (Lipinski definition) is 4. The maximum absolute atomic E-state index is 11.6. The summed E-state index contributed by atoms with van der Waals surface area (Å²) in [7, 11) is -3.71. The number of hydrogen-bond donors (Lipinski definition) is 2. The lowest BCUT2D eigenvalue weighted by Crippen LogP contribution is -2.52. The lowest BCUT2D eigenvalue weighted by atomic mass is 10.1. The van der Waals surface area contributed by atoms with Crippen molar-refractivity contribution in [3.05, 3.63) is 59.2 Å². The van der Waals surface area contributed by atoms with Crippen LogP contribution < -0.4 is 15.4 Å². The summed E-state index contributed by atoms with van der Waals surface area (Å²) in [5.41, 5.74) is 4.76. The fourth-order valence-corrected chi connectivity index (χ4v) is 4.23. The summed E-state index contributed by atoms with van der Waals surface area (Å²) >= 11 is 0. The normalized spacial score (nSPS) is 15.4. The second kappa shape index (κ2) is 9.49. The summed E-state index contributed by atoms with van der Waals surface area (Å²) < 4.78 is 23.2. The van der Waals surface area contributed by atoms with Gasteiger partial charge >= 0.3 is 0 Å². The van der Waals surface area contributed by atoms with Crippen LogP contribution in [0.4, 0.5) is 5.69 Å². The smallest absolute Gasteiger partial charge is 0.238 e. The van der Waals surface area contributed by atoms with Crippen molar-refractivity contribution in [3.63, 3.8) is 0 Å². The third-order valence-corrected chi connectivity index (χ3v) is 6.38. The van der Waals surface area contributed by atoms with E-state index in [2.05, 4.69) is 47.2 Å². The second-order valence-electron chi connectivity index (χ2n) is 7.56. The molecule has 1 heterocycles. The van der Waals surface area contributed by atoms with Crippen molar-refractivity contribution in [1.29, 1.82) is 0 Å². The summed E-state index contributed by atoms with van der Waals surface area (Å²) in [6.07, 6.45) is 0. The van der Waals surface area contributed by atoms with E-state index in [0.29, 0.717) is 6.54 Å². The zero-order chi connectivity index (χ0) is 21.7. The molecule has 1 saturated heterocycles. The highest BCUT2D eigenvalue weighted by Gasteiger charge is 2.21. The van der Waals surface area contributed by atoms with Crippen molar-refractivity contribution in [3.8, 4) is 0 Å². The first-order chi connectivity index (χ1) is 14.3. The predicted octanol–water partition coefficient (Wildman–Crippen LogP) is 2.24. The van der Waals surface area contributed by atoms with Crippen LogP contribution in [0.5, 0.6) is 0 Å². The number of benzene rings is 2. The molecule has 8 heteroatoms. The number of guanidine groups is 1. The predicted molar refractivity (Wildman–Crippen MR) is 122 cm³/mol. The summed E-state index contributed by atoms with van der Waals surface area (Å²) in [6, 6.07) is 13.1. The number of anilines is 1. The molecule has 0 aromatic heterocycles. The van der Waals surface area contributed by atoms with Crippen LogP contribution in [0.1, 0.15) is 23.6 Å². The molecule has 0 amide bonds. The number of nitrogens with zero attached hydrogens (tertiary/aromatic N) is 3. The molecule has 1 aliphatic heterocycles. The molecule has 7 nitrogen and oxygen atoms in total. The highest BCUT2D eigenvalue weighted by Crippen LogP contribution is 2.24. The van der Waals surface area contributed by atoms with E-state index in [-0.39, 0.29) is 4.90 Å². The maximum Gasteiger partial charge on any atom is 0.238 e. The number of sulfonamides is 1. The number of piperazine rings is 1. The molecule has 0 bridgehead atoms. The molecular formula is C22H31N5O2S. The van der Waals surface area contributed by atoms with Crippen molar-refractivity contribution < 1.29 is 8.42 Å². The molecule has 1 aliphatic rings. The summed E-state index contributed by atoms with van der Waals surface area (Å²) in [5.74, 6) is 0.846. The SMILES string of the molecule is CCNC(=NCc1cccc(S(N)(=O)=O)c1)N1CCN(c2cccc(C)c2C)CC1. The molecule has 0 spiro atoms. The van der Waals surface area contributed by atoms with E-state index in [1.54, 1.807) is 12.1 Å². The first-order valence-corrected chi connectivity index (χ1v) is 11.8. The van der Waals surface area contributed by atoms with Gasteiger partial charge in [0.25, 0.3) is 0 Å². The molecule has 2 aromatic rings. The van der Waals surface area contributed by atoms with Gasteiger partial charge < -0.3 is 15.1 Å². The Morgan fingerprint density at radius 2 is 1.80 bits per heavy atom. The van der Waals surface area contributed by atoms with Crippen molar-refractivity contribution in [1.82, 2.24) is 10.2 Å². The number of primary sulfonamides is 1. The van der Waals surface area contributed by atoms with Gasteiger partial charge in [-0.3, -0.25) is 0 Å². The first kappa shape index (κ1) is 22.1. The largest absolute Gasteiger partial charge is 0.368 e. The fraction of sp³-hybridized carbons (Fsp3) is 0.409. The fourth-order valence-electron chi connectivity index (χ4n) is 3.65. The molecule has 3 rings (SSSR count). The number of aliphatic imine (C=N–C) groups is 1. The van der Waals surface area contributed by atoms with E-state index >= 15 is 0 Å². The molecule has 0 saturated carbocycles. The molecule has 2 aromatic carbocycles. The Balaban J connectivity index is 1.69. The van der Waals surface area contributed by atoms with Crippen molar-refractivity contribution in [2.75, 3.05) is 37.6 Å². The number of nitrogens with two attached hydrogens (primary N) is 1. The Hall–Kier alpha value is -2.58. The van der Waals surface area contributed by atoms with Crippen molar-refractivity contribution in [2.24, 2.45) is 10.1 Å². The molecule has 30 heavy (non-hydrogen) atoms. The lowest BCUT2D eigenvalue weighted by molar-refractivity contribution is 0.372. The monoisotopic (exact) mass is 429 g/mol. The van der Waals surface area contributed by atoms with Gasteiger partial charge in [0.1, 0.15) is 0 Å². The lowest BCUT2D eigenvalue weighted by Gasteiger charge is -2.38. The van der Waals surface area contributed by atoms with Crippen LogP contribution in [-0.2, 0) is 16.6 Å². The molecule has 1 fully saturated rings. The zero-order valence-electron chi connectivity index (χ0n) is 17.9. The van der Waals surface area contributed by atoms with E-state index in [0.717, 1.165) is 44.2 Å². The summed E-state index contributed by atoms with van der Waals surface area (Å²) in [6.45, 7) is 11.1. The Bertz CT molecular complexity index is 1010. The van der Waals surface area contributed by atoms with Gasteiger partial charge in [0.15, 0.2) is 5.96 Å². The standard InChI is InChI=1S/C22H31N5O2S/c1-4-24-22(25-16-19-8-6-9-20(15-19)30(23,28)29)27-13-11-26(12-14-27)21-10-5-7-17(2)18(21)3/h5-10,15H,4,11-14,16H2,1-3H3,(H,24,25)(H2,23,28,29). The van der Waals surface area contributed by atoms with Crippen molar-refractivity contribution in [2.45, 2.75) is 32.2 Å². The minimum atomic E-state index is -3.71. The molecule has 0 unspecified atom stereocenters. The van der Waals surface area contributed by atoms with Crippen LogP contribution in [0.2, 0.25) is 0 Å². The highest BCUT2D eigenvalue weighted by molar-refractivity contribution is 7.89. The Kier molecular flexibility index (Phi) is 6.99. The third-order valence-electron chi connectivity index (χ3n) is 5.47. The Morgan fingerprint density at radius 3 is 2.47 bits per heavy atom. The Labute approximate surface area is 179 Å². The molecule has 0 aliphatic carbocycles. The average Bonchev–Trinajstić information content (AvgIpc) is 2.73. The van der Waals surface area contributed by atoms with Gasteiger partial charge in [-0.05, 0) is 55.7 Å². The maximum atomic E-state index is 11.6. The van der Waals surface area contributed by atoms with Gasteiger partial charge in [-0.2, -0.15) is 0 Å². The number of aryl methyl sites for hydroxylation is 1. The minimum absolute atomic E-state index is 0.113. The van der Waals surface area contributed by atoms with Gasteiger partial charge in [0.05, 0.1) is 11.4 Å². The van der Waals surface area contributed by atoms with E-state index in [1.165, 1.54) is 22.9 Å². The van der Waals surface area contributed by atoms with Gasteiger partial charge in [-0.15, -0.1) is 0 Å². The van der Waals surface area contributed by atoms with E-state index in [4.69, 9.17) is 10.1 Å². The number of rotatable bonds is 5. The van der Waals surface area contributed by atoms with Crippen LogP contribution in [-0.4, -0.2) is 52.0 Å². The van der Waals surface area contributed by atoms with Gasteiger partial charge in [-0.25, -0.2) is 18.5 Å². The van der Waals surface area contributed by atoms with Crippen LogP contribution in [0, 0.1) is 13.8 Å². The quantitative estimate of drug-likeness (QED) is 0.562. The second-order valence-corrected chi connectivity index (χ2v) is 9.12. The summed E-state index contributed by atoms with van der Waals surface area (Å²) in [4.78, 5) is 9.54. The van der Waals surface area contributed by atoms with Gasteiger partial charge in [0.2, 0.25) is 10.0 Å². The van der Waals surface area contributed by atoms with Crippen LogP contribution in [0.15, 0.2) is 52.4 Å². The average molecular weight is 430 g/mol. The van der Waals surface area contributed by atoms with E-state index in [9.17, 15) is 8.42 Å². The zero-order valence-corrected chi connectivity index (χ0v) is 18.7. The molecule has 162 valence electrons. The van der Waals surface area contributed by atoms with Crippen molar-refractivity contribution >= 4 is 21.7 Å². The topological polar surface area (TPSA) is 91.0 Å². The molecule has 3 N–H and O–H groups in total. The molecular weight excluding hydrogens is 398 g/mol. The molecule has 0 atom stereocenters. The highest BCUT2D eigenvalue weighted by atomic mass is 32.2. The first-order valence-electron chi connectivity index (χ1n) is 10.3. The van der Waals surface area contributed by atoms with Crippen LogP contribution in [0.3, 0.4) is 0 Å². The van der Waals surface area contributed by atoms with Gasteiger partial charge in [-0.1, -0.05) is 24.3 Å². The Morgan fingerprint density at radius 1 is 1.10 bits per heavy atom. The summed E-state index contributed by atoms with van der Waals surface area (Å²) in [5, 5.41) is 8.60. The third kappa shape index (κ3) is 5.31. The van der Waals surface area contributed by atoms with E-state index in [1.807, 2.05) is 13.0 Å².